The van der Waals surface area contributed by atoms with Crippen LogP contribution < -0.4 is 10.6 Å². The average Bonchev–Trinajstić information content (AvgIpc) is 2.59. The second-order valence-electron chi connectivity index (χ2n) is 6.14. The second kappa shape index (κ2) is 13.0. The smallest absolute Gasteiger partial charge is 0.407 e. The van der Waals surface area contributed by atoms with Crippen LogP contribution in [0.3, 0.4) is 0 Å². The summed E-state index contributed by atoms with van der Waals surface area (Å²) in [6, 6.07) is 7.27. The number of amides is 2. The van der Waals surface area contributed by atoms with Gasteiger partial charge in [-0.3, -0.25) is 4.79 Å². The highest BCUT2D eigenvalue weighted by molar-refractivity contribution is 14.1. The molecule has 2 amide bonds. The highest BCUT2D eigenvalue weighted by Gasteiger charge is 2.26. The van der Waals surface area contributed by atoms with Crippen LogP contribution in [-0.4, -0.2) is 29.6 Å². The molecule has 0 saturated heterocycles. The van der Waals surface area contributed by atoms with Crippen LogP contribution in [0.2, 0.25) is 0 Å². The monoisotopic (exact) mass is 462 g/mol. The summed E-state index contributed by atoms with van der Waals surface area (Å²) in [7, 11) is 0. The van der Waals surface area contributed by atoms with Gasteiger partial charge in [-0.1, -0.05) is 73.2 Å². The zero-order chi connectivity index (χ0) is 19.4. The molecular formula is C19H31IN2O3. The van der Waals surface area contributed by atoms with Crippen molar-refractivity contribution in [3.63, 3.8) is 0 Å². The molecule has 0 saturated carbocycles. The van der Waals surface area contributed by atoms with Gasteiger partial charge in [0, 0.05) is 0 Å². The van der Waals surface area contributed by atoms with Gasteiger partial charge in [-0.15, -0.1) is 0 Å². The van der Waals surface area contributed by atoms with Gasteiger partial charge < -0.3 is 15.4 Å². The Bertz CT molecular complexity index is 518. The predicted molar refractivity (Wildman–Crippen MR) is 111 cm³/mol. The number of aryl methyl sites for hydroxylation is 1. The standard InChI is InChI=1S/C18H28N2O3.CH3I/c1-6-11-23-18(22)20-16(12(2)3)17(21)19-14(5)15-9-7-13(4)8-10-15;1-2/h7-10,12,14,16H,6,11H2,1-5H3,(H,19,21)(H,20,22);1H3. The molecule has 5 nitrogen and oxygen atoms in total. The fourth-order valence-electron chi connectivity index (χ4n) is 2.14. The van der Waals surface area contributed by atoms with Crippen molar-refractivity contribution in [3.8, 4) is 0 Å². The lowest BCUT2D eigenvalue weighted by Gasteiger charge is -2.24. The number of rotatable bonds is 7. The number of halogens is 1. The van der Waals surface area contributed by atoms with Crippen molar-refractivity contribution in [2.24, 2.45) is 5.92 Å². The van der Waals surface area contributed by atoms with Crippen LogP contribution in [0.1, 0.15) is 51.3 Å². The van der Waals surface area contributed by atoms with Crippen molar-refractivity contribution in [2.45, 2.75) is 53.1 Å². The second-order valence-corrected chi connectivity index (χ2v) is 6.14. The molecule has 0 aliphatic carbocycles. The summed E-state index contributed by atoms with van der Waals surface area (Å²) in [6.07, 6.45) is 0.194. The number of ether oxygens (including phenoxy) is 1. The third-order valence-corrected chi connectivity index (χ3v) is 3.60. The fraction of sp³-hybridized carbons (Fsp3) is 0.579. The van der Waals surface area contributed by atoms with E-state index in [9.17, 15) is 9.59 Å². The number of carbonyl (C=O) groups excluding carboxylic acids is 2. The molecule has 0 aromatic heterocycles. The minimum absolute atomic E-state index is 0.0330. The maximum atomic E-state index is 12.5. The molecule has 0 radical (unpaired) electrons. The van der Waals surface area contributed by atoms with E-state index >= 15 is 0 Å². The van der Waals surface area contributed by atoms with Crippen molar-refractivity contribution in [1.29, 1.82) is 0 Å². The number of alkyl carbamates (subject to hydrolysis) is 1. The Morgan fingerprint density at radius 3 is 2.12 bits per heavy atom. The topological polar surface area (TPSA) is 67.4 Å². The summed E-state index contributed by atoms with van der Waals surface area (Å²) in [5.41, 5.74) is 2.20. The molecule has 0 aliphatic heterocycles. The molecule has 2 atom stereocenters. The lowest BCUT2D eigenvalue weighted by Crippen LogP contribution is -2.50. The van der Waals surface area contributed by atoms with Gasteiger partial charge in [0.05, 0.1) is 12.6 Å². The van der Waals surface area contributed by atoms with Crippen molar-refractivity contribution in [1.82, 2.24) is 10.6 Å². The van der Waals surface area contributed by atoms with E-state index in [-0.39, 0.29) is 17.9 Å². The van der Waals surface area contributed by atoms with Crippen molar-refractivity contribution < 1.29 is 14.3 Å². The molecule has 2 N–H and O–H groups in total. The van der Waals surface area contributed by atoms with Gasteiger partial charge >= 0.3 is 6.09 Å². The Morgan fingerprint density at radius 2 is 1.64 bits per heavy atom. The van der Waals surface area contributed by atoms with Crippen LogP contribution in [0.25, 0.3) is 0 Å². The van der Waals surface area contributed by atoms with Crippen molar-refractivity contribution >= 4 is 34.6 Å². The van der Waals surface area contributed by atoms with E-state index in [4.69, 9.17) is 4.74 Å². The van der Waals surface area contributed by atoms with Gasteiger partial charge in [-0.05, 0) is 36.7 Å². The molecular weight excluding hydrogens is 431 g/mol. The van der Waals surface area contributed by atoms with Crippen LogP contribution in [-0.2, 0) is 9.53 Å². The minimum Gasteiger partial charge on any atom is -0.450 e. The highest BCUT2D eigenvalue weighted by Crippen LogP contribution is 2.14. The number of hydrogen-bond donors (Lipinski definition) is 2. The molecule has 0 aliphatic rings. The van der Waals surface area contributed by atoms with E-state index in [1.807, 2.05) is 63.8 Å². The van der Waals surface area contributed by atoms with Crippen LogP contribution in [0.4, 0.5) is 4.79 Å². The Morgan fingerprint density at radius 1 is 1.08 bits per heavy atom. The third-order valence-electron chi connectivity index (χ3n) is 3.60. The first-order chi connectivity index (χ1) is 11.8. The first-order valence-electron chi connectivity index (χ1n) is 8.53. The Hall–Kier alpha value is -1.31. The van der Waals surface area contributed by atoms with Gasteiger partial charge in [0.2, 0.25) is 5.91 Å². The van der Waals surface area contributed by atoms with Crippen LogP contribution in [0.15, 0.2) is 24.3 Å². The number of alkyl halides is 1. The van der Waals surface area contributed by atoms with Gasteiger partial charge in [-0.2, -0.15) is 0 Å². The normalized spacial score (nSPS) is 12.5. The molecule has 2 unspecified atom stereocenters. The first kappa shape index (κ1) is 23.7. The lowest BCUT2D eigenvalue weighted by atomic mass is 10.0. The molecule has 0 bridgehead atoms. The number of carbonyl (C=O) groups is 2. The van der Waals surface area contributed by atoms with E-state index in [0.29, 0.717) is 6.61 Å². The number of nitrogens with one attached hydrogen (secondary N) is 2. The summed E-state index contributed by atoms with van der Waals surface area (Å²) in [5.74, 6) is -0.240. The molecule has 6 heteroatoms. The third kappa shape index (κ3) is 9.09. The molecule has 1 aromatic rings. The minimum atomic E-state index is -0.618. The Labute approximate surface area is 165 Å². The highest BCUT2D eigenvalue weighted by atomic mass is 127. The van der Waals surface area contributed by atoms with E-state index in [1.165, 1.54) is 5.56 Å². The summed E-state index contributed by atoms with van der Waals surface area (Å²) in [6.45, 7) is 9.99. The number of benzene rings is 1. The van der Waals surface area contributed by atoms with Gasteiger partial charge in [0.15, 0.2) is 0 Å². The summed E-state index contributed by atoms with van der Waals surface area (Å²) in [4.78, 5) is 26.1. The molecule has 0 fully saturated rings. The van der Waals surface area contributed by atoms with Crippen LogP contribution in [0.5, 0.6) is 0 Å². The molecule has 1 aromatic carbocycles. The first-order valence-corrected chi connectivity index (χ1v) is 10.7. The number of hydrogen-bond acceptors (Lipinski definition) is 3. The van der Waals surface area contributed by atoms with E-state index < -0.39 is 12.1 Å². The Kier molecular flexibility index (Phi) is 12.3. The SMILES string of the molecule is CCCOC(=O)NC(C(=O)NC(C)c1ccc(C)cc1)C(C)C.CI. The summed E-state index contributed by atoms with van der Waals surface area (Å²) in [5, 5.41) is 5.59. The zero-order valence-electron chi connectivity index (χ0n) is 16.1. The quantitative estimate of drug-likeness (QED) is 0.467. The summed E-state index contributed by atoms with van der Waals surface area (Å²) < 4.78 is 4.99. The summed E-state index contributed by atoms with van der Waals surface area (Å²) >= 11 is 2.15. The molecule has 1 rings (SSSR count). The zero-order valence-corrected chi connectivity index (χ0v) is 18.2. The van der Waals surface area contributed by atoms with Gasteiger partial charge in [0.1, 0.15) is 6.04 Å². The van der Waals surface area contributed by atoms with Crippen molar-refractivity contribution in [2.75, 3.05) is 11.5 Å². The van der Waals surface area contributed by atoms with E-state index in [2.05, 4.69) is 33.2 Å². The molecule has 25 heavy (non-hydrogen) atoms. The maximum Gasteiger partial charge on any atom is 0.407 e. The van der Waals surface area contributed by atoms with E-state index in [1.54, 1.807) is 0 Å². The van der Waals surface area contributed by atoms with Gasteiger partial charge in [0.25, 0.3) is 0 Å². The molecule has 0 heterocycles. The van der Waals surface area contributed by atoms with Gasteiger partial charge in [-0.25, -0.2) is 4.79 Å². The largest absolute Gasteiger partial charge is 0.450 e. The van der Waals surface area contributed by atoms with Crippen LogP contribution >= 0.6 is 22.6 Å². The fourth-order valence-corrected chi connectivity index (χ4v) is 2.14. The average molecular weight is 462 g/mol. The van der Waals surface area contributed by atoms with Crippen LogP contribution in [0, 0.1) is 12.8 Å². The van der Waals surface area contributed by atoms with E-state index in [0.717, 1.165) is 12.0 Å². The molecule has 0 spiro atoms. The Balaban J connectivity index is 0.00000277. The lowest BCUT2D eigenvalue weighted by molar-refractivity contribution is -0.124. The maximum absolute atomic E-state index is 12.5. The predicted octanol–water partition coefficient (Wildman–Crippen LogP) is 4.38. The molecule has 142 valence electrons. The van der Waals surface area contributed by atoms with Crippen molar-refractivity contribution in [3.05, 3.63) is 35.4 Å².